The number of hydrogen-bond acceptors (Lipinski definition) is 4. The van der Waals surface area contributed by atoms with Crippen LogP contribution in [0.3, 0.4) is 0 Å². The van der Waals surface area contributed by atoms with E-state index in [-0.39, 0.29) is 11.1 Å². The molecule has 1 heterocycles. The van der Waals surface area contributed by atoms with Crippen molar-refractivity contribution in [3.05, 3.63) is 0 Å². The van der Waals surface area contributed by atoms with Gasteiger partial charge in [-0.05, 0) is 0 Å². The lowest BCUT2D eigenvalue weighted by Crippen LogP contribution is -2.30. The van der Waals surface area contributed by atoms with E-state index < -0.39 is 0 Å². The third kappa shape index (κ3) is 3.23. The summed E-state index contributed by atoms with van der Waals surface area (Å²) in [6, 6.07) is 0. The van der Waals surface area contributed by atoms with Crippen molar-refractivity contribution in [2.75, 3.05) is 26.0 Å². The van der Waals surface area contributed by atoms with Gasteiger partial charge in [0.2, 0.25) is 5.91 Å². The molecule has 1 aliphatic heterocycles. The van der Waals surface area contributed by atoms with E-state index in [1.165, 1.54) is 18.9 Å². The summed E-state index contributed by atoms with van der Waals surface area (Å²) in [5.74, 6) is 0.622. The first-order valence-electron chi connectivity index (χ1n) is 3.97. The Kier molecular flexibility index (Phi) is 4.04. The minimum absolute atomic E-state index is 0.0604. The van der Waals surface area contributed by atoms with E-state index in [9.17, 15) is 9.59 Å². The molecule has 1 N–H and O–H groups in total. The number of nitrogens with zero attached hydrogens (tertiary/aromatic N) is 1. The van der Waals surface area contributed by atoms with Gasteiger partial charge in [-0.3, -0.25) is 14.4 Å². The number of rotatable bonds is 4. The van der Waals surface area contributed by atoms with Gasteiger partial charge >= 0.3 is 0 Å². The summed E-state index contributed by atoms with van der Waals surface area (Å²) in [6.07, 6.45) is 0.292. The van der Waals surface area contributed by atoms with Crippen molar-refractivity contribution in [2.24, 2.45) is 0 Å². The average molecular weight is 204 g/mol. The van der Waals surface area contributed by atoms with Gasteiger partial charge in [0.1, 0.15) is 0 Å². The van der Waals surface area contributed by atoms with Crippen molar-refractivity contribution in [1.29, 1.82) is 0 Å². The first-order chi connectivity index (χ1) is 6.24. The maximum Gasteiger partial charge on any atom is 0.281 e. The van der Waals surface area contributed by atoms with Crippen LogP contribution >= 0.6 is 11.8 Å². The number of carbonyl (C=O) groups is 2. The molecule has 74 valence electrons. The summed E-state index contributed by atoms with van der Waals surface area (Å²) in [5.41, 5.74) is 2.20. The molecular weight excluding hydrogens is 192 g/mol. The fourth-order valence-corrected chi connectivity index (χ4v) is 1.88. The zero-order valence-corrected chi connectivity index (χ0v) is 8.23. The van der Waals surface area contributed by atoms with Crippen LogP contribution in [0.4, 0.5) is 4.79 Å². The van der Waals surface area contributed by atoms with E-state index in [1.807, 2.05) is 0 Å². The Hall–Kier alpha value is -0.750. The summed E-state index contributed by atoms with van der Waals surface area (Å²) >= 11 is 1.29. The number of hydroxylamine groups is 1. The van der Waals surface area contributed by atoms with Crippen molar-refractivity contribution >= 4 is 22.9 Å². The monoisotopic (exact) mass is 204 g/mol. The summed E-state index contributed by atoms with van der Waals surface area (Å²) < 4.78 is 0. The van der Waals surface area contributed by atoms with Crippen LogP contribution in [0.25, 0.3) is 0 Å². The van der Waals surface area contributed by atoms with Gasteiger partial charge in [0.25, 0.3) is 5.24 Å². The average Bonchev–Trinajstić information content (AvgIpc) is 2.48. The van der Waals surface area contributed by atoms with Crippen molar-refractivity contribution in [2.45, 2.75) is 6.42 Å². The van der Waals surface area contributed by atoms with Gasteiger partial charge in [0.15, 0.2) is 0 Å². The highest BCUT2D eigenvalue weighted by Crippen LogP contribution is 2.16. The Labute approximate surface area is 80.7 Å². The molecule has 0 saturated carbocycles. The number of hydrogen-bond donors (Lipinski definition) is 1. The van der Waals surface area contributed by atoms with E-state index in [1.54, 1.807) is 4.90 Å². The maximum absolute atomic E-state index is 11.1. The molecule has 1 fully saturated rings. The molecule has 5 nitrogen and oxygen atoms in total. The lowest BCUT2D eigenvalue weighted by molar-refractivity contribution is -0.131. The van der Waals surface area contributed by atoms with E-state index in [2.05, 4.69) is 10.3 Å². The Morgan fingerprint density at radius 2 is 2.54 bits per heavy atom. The number of thioether (sulfide) groups is 1. The zero-order valence-electron chi connectivity index (χ0n) is 7.41. The van der Waals surface area contributed by atoms with Crippen LogP contribution in [0.5, 0.6) is 0 Å². The Morgan fingerprint density at radius 3 is 3.08 bits per heavy atom. The zero-order chi connectivity index (χ0) is 9.68. The molecule has 0 aliphatic carbocycles. The van der Waals surface area contributed by atoms with Crippen LogP contribution in [0.1, 0.15) is 6.42 Å². The van der Waals surface area contributed by atoms with E-state index >= 15 is 0 Å². The molecule has 0 aromatic rings. The minimum atomic E-state index is -0.202. The summed E-state index contributed by atoms with van der Waals surface area (Å²) in [6.45, 7) is 1.21. The highest BCUT2D eigenvalue weighted by Gasteiger charge is 2.21. The molecule has 0 atom stereocenters. The molecule has 1 saturated heterocycles. The van der Waals surface area contributed by atoms with Crippen LogP contribution in [0.15, 0.2) is 0 Å². The second-order valence-corrected chi connectivity index (χ2v) is 3.63. The van der Waals surface area contributed by atoms with Crippen LogP contribution in [-0.4, -0.2) is 42.0 Å². The summed E-state index contributed by atoms with van der Waals surface area (Å²) in [5, 5.41) is 0.0604. The number of carbonyl (C=O) groups excluding carboxylic acids is 2. The molecule has 0 aromatic heterocycles. The molecular formula is C7H12N2O3S. The molecule has 1 rings (SSSR count). The second kappa shape index (κ2) is 5.08. The number of nitrogens with one attached hydrogen (secondary N) is 1. The lowest BCUT2D eigenvalue weighted by Gasteiger charge is -2.13. The van der Waals surface area contributed by atoms with Crippen LogP contribution in [0, 0.1) is 0 Å². The smallest absolute Gasteiger partial charge is 0.281 e. The van der Waals surface area contributed by atoms with Gasteiger partial charge in [0.05, 0.1) is 7.11 Å². The van der Waals surface area contributed by atoms with Crippen molar-refractivity contribution in [3.8, 4) is 0 Å². The van der Waals surface area contributed by atoms with Crippen molar-refractivity contribution in [1.82, 2.24) is 10.4 Å². The second-order valence-electron chi connectivity index (χ2n) is 2.58. The fourth-order valence-electron chi connectivity index (χ4n) is 1.03. The van der Waals surface area contributed by atoms with E-state index in [0.29, 0.717) is 13.0 Å². The first-order valence-corrected chi connectivity index (χ1v) is 4.96. The summed E-state index contributed by atoms with van der Waals surface area (Å²) in [7, 11) is 1.38. The third-order valence-corrected chi connectivity index (χ3v) is 2.56. The highest BCUT2D eigenvalue weighted by molar-refractivity contribution is 8.13. The van der Waals surface area contributed by atoms with Gasteiger partial charge in [-0.25, -0.2) is 5.48 Å². The molecule has 13 heavy (non-hydrogen) atoms. The third-order valence-electron chi connectivity index (χ3n) is 1.67. The van der Waals surface area contributed by atoms with E-state index in [0.717, 1.165) is 12.3 Å². The molecule has 0 radical (unpaired) electrons. The molecule has 0 bridgehead atoms. The van der Waals surface area contributed by atoms with E-state index in [4.69, 9.17) is 0 Å². The van der Waals surface area contributed by atoms with Gasteiger partial charge in [-0.1, -0.05) is 11.8 Å². The lowest BCUT2D eigenvalue weighted by atomic mass is 10.4. The molecule has 0 aromatic carbocycles. The van der Waals surface area contributed by atoms with Crippen molar-refractivity contribution < 1.29 is 14.4 Å². The van der Waals surface area contributed by atoms with Gasteiger partial charge < -0.3 is 4.90 Å². The quantitative estimate of drug-likeness (QED) is 0.666. The Balaban J connectivity index is 2.18. The minimum Gasteiger partial charge on any atom is -0.332 e. The van der Waals surface area contributed by atoms with Crippen molar-refractivity contribution in [3.63, 3.8) is 0 Å². The molecule has 0 unspecified atom stereocenters. The molecule has 2 amide bonds. The Morgan fingerprint density at radius 1 is 1.77 bits per heavy atom. The number of amides is 2. The van der Waals surface area contributed by atoms with Crippen LogP contribution < -0.4 is 5.48 Å². The van der Waals surface area contributed by atoms with Crippen LogP contribution in [-0.2, 0) is 9.63 Å². The maximum atomic E-state index is 11.1. The molecule has 0 spiro atoms. The molecule has 1 aliphatic rings. The first kappa shape index (κ1) is 10.3. The van der Waals surface area contributed by atoms with Gasteiger partial charge in [-0.2, -0.15) is 0 Å². The van der Waals surface area contributed by atoms with Gasteiger partial charge in [-0.15, -0.1) is 0 Å². The van der Waals surface area contributed by atoms with Crippen LogP contribution in [0.2, 0.25) is 0 Å². The Bertz CT molecular complexity index is 210. The predicted octanol–water partition coefficient (Wildman–Crippen LogP) is 0.223. The SMILES string of the molecule is CONC(=O)CCN1CCSC1=O. The predicted molar refractivity (Wildman–Crippen MR) is 49.2 cm³/mol. The molecule has 6 heteroatoms. The largest absolute Gasteiger partial charge is 0.332 e. The normalized spacial score (nSPS) is 16.4. The fraction of sp³-hybridized carbons (Fsp3) is 0.714. The standard InChI is InChI=1S/C7H12N2O3S/c1-12-8-6(10)2-3-9-4-5-13-7(9)11/h2-5H2,1H3,(H,8,10). The highest BCUT2D eigenvalue weighted by atomic mass is 32.2. The summed E-state index contributed by atoms with van der Waals surface area (Å²) in [4.78, 5) is 28.1. The topological polar surface area (TPSA) is 58.6 Å². The van der Waals surface area contributed by atoms with Gasteiger partial charge in [0, 0.05) is 25.3 Å².